The Bertz CT molecular complexity index is 1870. The maximum Gasteiger partial charge on any atom is 0.341 e. The van der Waals surface area contributed by atoms with Crippen molar-refractivity contribution in [2.24, 2.45) is 13.0 Å². The van der Waals surface area contributed by atoms with Crippen molar-refractivity contribution in [3.05, 3.63) is 63.6 Å². The van der Waals surface area contributed by atoms with Crippen LogP contribution in [0.4, 0.5) is 15.8 Å². The molecule has 0 spiro atoms. The Morgan fingerprint density at radius 2 is 1.98 bits per heavy atom. The Morgan fingerprint density at radius 1 is 1.17 bits per heavy atom. The number of nitrogens with one attached hydrogen (secondary N) is 1. The minimum Gasteiger partial charge on any atom is -0.493 e. The lowest BCUT2D eigenvalue weighted by molar-refractivity contribution is 0.0695. The molecule has 0 amide bonds. The summed E-state index contributed by atoms with van der Waals surface area (Å²) in [7, 11) is 7.05. The third-order valence-electron chi connectivity index (χ3n) is 9.11. The van der Waals surface area contributed by atoms with Gasteiger partial charge in [-0.15, -0.1) is 0 Å². The van der Waals surface area contributed by atoms with Crippen molar-refractivity contribution in [3.63, 3.8) is 0 Å². The fraction of sp³-hybridized carbons (Fsp3) is 0.355. The predicted octanol–water partition coefficient (Wildman–Crippen LogP) is 3.59. The maximum absolute atomic E-state index is 15.4. The first-order valence-corrected chi connectivity index (χ1v) is 14.0. The largest absolute Gasteiger partial charge is 0.493 e. The highest BCUT2D eigenvalue weighted by Gasteiger charge is 2.43. The first kappa shape index (κ1) is 26.4. The van der Waals surface area contributed by atoms with Gasteiger partial charge in [0.25, 0.3) is 0 Å². The number of hydrogen-bond acceptors (Lipinski definition) is 8. The Kier molecular flexibility index (Phi) is 5.98. The van der Waals surface area contributed by atoms with Gasteiger partial charge in [-0.05, 0) is 31.0 Å². The van der Waals surface area contributed by atoms with E-state index >= 15 is 4.39 Å². The molecule has 2 saturated heterocycles. The van der Waals surface area contributed by atoms with Gasteiger partial charge in [-0.3, -0.25) is 9.78 Å². The highest BCUT2D eigenvalue weighted by Crippen LogP contribution is 2.54. The molecule has 42 heavy (non-hydrogen) atoms. The number of nitrogens with zero attached hydrogens (tertiary/aromatic N) is 5. The SMILES string of the molecule is CNc1cc(F)c(OC)c2c1Cc1ncc(-c3cnc4c(c3)c(=O)c(C(=O)O)cn4C)c(N3CC[C@H]4CN(C)CC43)c1-2. The minimum atomic E-state index is -1.29. The molecule has 0 saturated carbocycles. The molecule has 0 radical (unpaired) electrons. The van der Waals surface area contributed by atoms with Crippen molar-refractivity contribution in [3.8, 4) is 28.0 Å². The van der Waals surface area contributed by atoms with Crippen LogP contribution >= 0.6 is 0 Å². The molecule has 1 unspecified atom stereocenters. The number of anilines is 2. The summed E-state index contributed by atoms with van der Waals surface area (Å²) in [5.74, 6) is -1.07. The number of carbonyl (C=O) groups is 1. The lowest BCUT2D eigenvalue weighted by Crippen LogP contribution is -2.35. The molecule has 2 aliphatic heterocycles. The second-order valence-corrected chi connectivity index (χ2v) is 11.5. The molecule has 0 bridgehead atoms. The number of halogens is 1. The number of fused-ring (bicyclic) bond motifs is 5. The quantitative estimate of drug-likeness (QED) is 0.327. The molecule has 2 fully saturated rings. The number of likely N-dealkylation sites (N-methyl/N-ethyl adjacent to an activating group) is 1. The third kappa shape index (κ3) is 3.72. The van der Waals surface area contributed by atoms with Gasteiger partial charge in [0, 0.05) is 98.8 Å². The molecule has 10 nitrogen and oxygen atoms in total. The number of carboxylic acid groups (broad SMARTS) is 1. The van der Waals surface area contributed by atoms with Crippen LogP contribution in [0, 0.1) is 11.7 Å². The number of aryl methyl sites for hydroxylation is 1. The molecule has 3 aliphatic rings. The number of aromatic nitrogens is 3. The summed E-state index contributed by atoms with van der Waals surface area (Å²) in [5.41, 5.74) is 5.75. The monoisotopic (exact) mass is 570 g/mol. The van der Waals surface area contributed by atoms with Crippen molar-refractivity contribution >= 4 is 28.4 Å². The molecule has 1 aliphatic carbocycles. The molecular formula is C31H31FN6O4. The smallest absolute Gasteiger partial charge is 0.341 e. The molecule has 1 aromatic carbocycles. The zero-order valence-corrected chi connectivity index (χ0v) is 23.9. The molecule has 11 heteroatoms. The Balaban J connectivity index is 1.53. The van der Waals surface area contributed by atoms with Crippen LogP contribution in [0.15, 0.2) is 35.5 Å². The average molecular weight is 571 g/mol. The predicted molar refractivity (Wildman–Crippen MR) is 158 cm³/mol. The number of hydrogen-bond donors (Lipinski definition) is 2. The zero-order valence-electron chi connectivity index (χ0n) is 23.9. The lowest BCUT2D eigenvalue weighted by Gasteiger charge is -2.31. The van der Waals surface area contributed by atoms with Gasteiger partial charge in [-0.2, -0.15) is 0 Å². The van der Waals surface area contributed by atoms with Crippen LogP contribution in [-0.2, 0) is 13.5 Å². The Morgan fingerprint density at radius 3 is 2.71 bits per heavy atom. The number of pyridine rings is 3. The van der Waals surface area contributed by atoms with Gasteiger partial charge in [-0.25, -0.2) is 14.2 Å². The first-order valence-electron chi connectivity index (χ1n) is 14.0. The topological polar surface area (TPSA) is 113 Å². The van der Waals surface area contributed by atoms with E-state index in [1.54, 1.807) is 30.9 Å². The van der Waals surface area contributed by atoms with Gasteiger partial charge >= 0.3 is 5.97 Å². The van der Waals surface area contributed by atoms with Crippen LogP contribution in [0.25, 0.3) is 33.3 Å². The van der Waals surface area contributed by atoms with E-state index in [1.165, 1.54) is 19.4 Å². The summed E-state index contributed by atoms with van der Waals surface area (Å²) in [6.07, 6.45) is 6.34. The fourth-order valence-corrected chi connectivity index (χ4v) is 7.27. The van der Waals surface area contributed by atoms with Crippen LogP contribution in [0.5, 0.6) is 5.75 Å². The summed E-state index contributed by atoms with van der Waals surface area (Å²) in [5, 5.41) is 13.0. The summed E-state index contributed by atoms with van der Waals surface area (Å²) in [6, 6.07) is 3.42. The Hall–Kier alpha value is -4.51. The van der Waals surface area contributed by atoms with Crippen molar-refractivity contribution < 1.29 is 19.0 Å². The first-order chi connectivity index (χ1) is 20.2. The summed E-state index contributed by atoms with van der Waals surface area (Å²) >= 11 is 0. The van der Waals surface area contributed by atoms with E-state index in [0.29, 0.717) is 34.8 Å². The van der Waals surface area contributed by atoms with Crippen LogP contribution in [0.3, 0.4) is 0 Å². The average Bonchev–Trinajstić information content (AvgIpc) is 3.66. The Labute approximate surface area is 241 Å². The van der Waals surface area contributed by atoms with E-state index in [1.807, 2.05) is 6.20 Å². The van der Waals surface area contributed by atoms with Crippen molar-refractivity contribution in [2.45, 2.75) is 18.9 Å². The molecule has 7 rings (SSSR count). The zero-order chi connectivity index (χ0) is 29.4. The molecular weight excluding hydrogens is 539 g/mol. The number of methoxy groups -OCH3 is 1. The van der Waals surface area contributed by atoms with E-state index in [-0.39, 0.29) is 22.7 Å². The number of carboxylic acids is 1. The summed E-state index contributed by atoms with van der Waals surface area (Å²) < 4.78 is 22.7. The normalized spacial score (nSPS) is 19.2. The maximum atomic E-state index is 15.4. The van der Waals surface area contributed by atoms with Crippen LogP contribution in [-0.4, -0.2) is 77.4 Å². The number of ether oxygens (including phenoxy) is 1. The summed E-state index contributed by atoms with van der Waals surface area (Å²) in [4.78, 5) is 39.3. The van der Waals surface area contributed by atoms with Crippen LogP contribution < -0.4 is 20.4 Å². The highest BCUT2D eigenvalue weighted by atomic mass is 19.1. The van der Waals surface area contributed by atoms with Gasteiger partial charge in [0.15, 0.2) is 11.6 Å². The minimum absolute atomic E-state index is 0.179. The number of aromatic carboxylic acids is 1. The molecule has 2 N–H and O–H groups in total. The van der Waals surface area contributed by atoms with E-state index in [9.17, 15) is 14.7 Å². The van der Waals surface area contributed by atoms with E-state index < -0.39 is 17.2 Å². The van der Waals surface area contributed by atoms with E-state index in [4.69, 9.17) is 9.72 Å². The molecule has 4 aromatic rings. The summed E-state index contributed by atoms with van der Waals surface area (Å²) in [6.45, 7) is 2.73. The fourth-order valence-electron chi connectivity index (χ4n) is 7.27. The highest BCUT2D eigenvalue weighted by molar-refractivity contribution is 6.00. The van der Waals surface area contributed by atoms with Gasteiger partial charge in [0.05, 0.1) is 23.9 Å². The lowest BCUT2D eigenvalue weighted by atomic mass is 9.95. The van der Waals surface area contributed by atoms with Crippen molar-refractivity contribution in [1.82, 2.24) is 19.4 Å². The number of rotatable bonds is 5. The van der Waals surface area contributed by atoms with Gasteiger partial charge < -0.3 is 29.5 Å². The van der Waals surface area contributed by atoms with Gasteiger partial charge in [0.1, 0.15) is 11.2 Å². The van der Waals surface area contributed by atoms with E-state index in [0.717, 1.165) is 54.1 Å². The molecule has 2 atom stereocenters. The number of likely N-dealkylation sites (tertiary alicyclic amines) is 1. The molecule has 216 valence electrons. The molecule has 5 heterocycles. The molecule has 3 aromatic heterocycles. The third-order valence-corrected chi connectivity index (χ3v) is 9.11. The second kappa shape index (κ2) is 9.52. The van der Waals surface area contributed by atoms with Crippen molar-refractivity contribution in [1.29, 1.82) is 0 Å². The second-order valence-electron chi connectivity index (χ2n) is 11.5. The van der Waals surface area contributed by atoms with Crippen LogP contribution in [0.2, 0.25) is 0 Å². The van der Waals surface area contributed by atoms with Gasteiger partial charge in [0.2, 0.25) is 5.43 Å². The number of benzene rings is 1. The van der Waals surface area contributed by atoms with E-state index in [2.05, 4.69) is 27.1 Å². The van der Waals surface area contributed by atoms with Crippen molar-refractivity contribution in [2.75, 3.05) is 51.1 Å². The standard InChI is InChI=1S/C31H31FN6O4/c1-33-22-9-21(32)29(42-4)25-17(22)8-23-26(25)27(38-6-5-15-12-36(2)14-24(15)38)19(11-34-23)16-7-18-28(39)20(31(40)41)13-37(3)30(18)35-10-16/h7,9-11,13,15,24,33H,5-6,8,12,14H2,1-4H3,(H,40,41)/t15-,24?/m0/s1. The van der Waals surface area contributed by atoms with Gasteiger partial charge in [-0.1, -0.05) is 0 Å². The van der Waals surface area contributed by atoms with Crippen LogP contribution in [0.1, 0.15) is 28.0 Å².